The third-order valence-corrected chi connectivity index (χ3v) is 6.42. The Balaban J connectivity index is 1.53. The van der Waals surface area contributed by atoms with E-state index in [9.17, 15) is 14.0 Å². The second-order valence-corrected chi connectivity index (χ2v) is 8.64. The SMILES string of the molecule is CCc1c(C)sc(NC(=O)CN2CCN(Cc3ccc(F)cc3)CC2)c1C(=O)OC. The number of benzene rings is 1. The Morgan fingerprint density at radius 1 is 1.13 bits per heavy atom. The third-order valence-electron chi connectivity index (χ3n) is 5.36. The molecule has 1 amide bonds. The summed E-state index contributed by atoms with van der Waals surface area (Å²) < 4.78 is 18.0. The van der Waals surface area contributed by atoms with E-state index in [2.05, 4.69) is 15.1 Å². The molecule has 0 aliphatic carbocycles. The summed E-state index contributed by atoms with van der Waals surface area (Å²) in [4.78, 5) is 30.2. The normalized spacial score (nSPS) is 15.2. The van der Waals surface area contributed by atoms with Gasteiger partial charge in [0.1, 0.15) is 10.8 Å². The van der Waals surface area contributed by atoms with Crippen LogP contribution in [-0.2, 0) is 22.5 Å². The number of thiophene rings is 1. The monoisotopic (exact) mass is 433 g/mol. The van der Waals surface area contributed by atoms with E-state index in [1.807, 2.05) is 26.0 Å². The van der Waals surface area contributed by atoms with Crippen LogP contribution in [-0.4, -0.2) is 61.5 Å². The van der Waals surface area contributed by atoms with E-state index in [-0.39, 0.29) is 18.3 Å². The predicted molar refractivity (Wildman–Crippen MR) is 117 cm³/mol. The highest BCUT2D eigenvalue weighted by Crippen LogP contribution is 2.34. The van der Waals surface area contributed by atoms with Crippen LogP contribution in [0.1, 0.15) is 33.3 Å². The van der Waals surface area contributed by atoms with Gasteiger partial charge in [0.05, 0.1) is 19.2 Å². The number of nitrogens with zero attached hydrogens (tertiary/aromatic N) is 2. The first-order chi connectivity index (χ1) is 14.4. The first-order valence-electron chi connectivity index (χ1n) is 10.1. The molecule has 2 heterocycles. The van der Waals surface area contributed by atoms with Crippen molar-refractivity contribution in [2.24, 2.45) is 0 Å². The van der Waals surface area contributed by atoms with Gasteiger partial charge in [-0.2, -0.15) is 0 Å². The Hall–Kier alpha value is -2.29. The molecule has 2 aromatic rings. The van der Waals surface area contributed by atoms with Gasteiger partial charge in [0.15, 0.2) is 0 Å². The quantitative estimate of drug-likeness (QED) is 0.679. The highest BCUT2D eigenvalue weighted by molar-refractivity contribution is 7.16. The van der Waals surface area contributed by atoms with Crippen LogP contribution in [0.4, 0.5) is 9.39 Å². The van der Waals surface area contributed by atoms with E-state index in [0.29, 0.717) is 17.0 Å². The number of ether oxygens (including phenoxy) is 1. The van der Waals surface area contributed by atoms with Crippen molar-refractivity contribution >= 4 is 28.2 Å². The summed E-state index contributed by atoms with van der Waals surface area (Å²) in [5.74, 6) is -0.770. The molecule has 1 aromatic heterocycles. The molecule has 1 aromatic carbocycles. The molecular formula is C22H28FN3O3S. The van der Waals surface area contributed by atoms with Crippen LogP contribution in [0.15, 0.2) is 24.3 Å². The molecule has 6 nitrogen and oxygen atoms in total. The number of carbonyl (C=O) groups excluding carboxylic acids is 2. The van der Waals surface area contributed by atoms with Gasteiger partial charge in [-0.3, -0.25) is 14.6 Å². The lowest BCUT2D eigenvalue weighted by molar-refractivity contribution is -0.117. The molecule has 0 bridgehead atoms. The summed E-state index contributed by atoms with van der Waals surface area (Å²) in [7, 11) is 1.35. The van der Waals surface area contributed by atoms with Crippen LogP contribution in [0, 0.1) is 12.7 Å². The molecule has 162 valence electrons. The fourth-order valence-corrected chi connectivity index (χ4v) is 4.88. The van der Waals surface area contributed by atoms with Gasteiger partial charge in [0.2, 0.25) is 5.91 Å². The van der Waals surface area contributed by atoms with Gasteiger partial charge in [-0.15, -0.1) is 11.3 Å². The van der Waals surface area contributed by atoms with Crippen LogP contribution >= 0.6 is 11.3 Å². The zero-order chi connectivity index (χ0) is 21.7. The first-order valence-corrected chi connectivity index (χ1v) is 10.9. The summed E-state index contributed by atoms with van der Waals surface area (Å²) in [6.45, 7) is 8.24. The Kier molecular flexibility index (Phi) is 7.58. The van der Waals surface area contributed by atoms with Crippen molar-refractivity contribution in [3.8, 4) is 0 Å². The molecule has 0 atom stereocenters. The van der Waals surface area contributed by atoms with E-state index in [1.165, 1.54) is 30.6 Å². The smallest absolute Gasteiger partial charge is 0.341 e. The topological polar surface area (TPSA) is 61.9 Å². The fraction of sp³-hybridized carbons (Fsp3) is 0.455. The maximum Gasteiger partial charge on any atom is 0.341 e. The lowest BCUT2D eigenvalue weighted by atomic mass is 10.1. The van der Waals surface area contributed by atoms with E-state index >= 15 is 0 Å². The Morgan fingerprint density at radius 3 is 2.37 bits per heavy atom. The number of methoxy groups -OCH3 is 1. The van der Waals surface area contributed by atoms with Crippen LogP contribution in [0.2, 0.25) is 0 Å². The molecule has 1 saturated heterocycles. The molecule has 1 aliphatic rings. The van der Waals surface area contributed by atoms with Gasteiger partial charge in [0.25, 0.3) is 0 Å². The van der Waals surface area contributed by atoms with E-state index in [0.717, 1.165) is 48.7 Å². The molecule has 0 saturated carbocycles. The highest BCUT2D eigenvalue weighted by Gasteiger charge is 2.24. The van der Waals surface area contributed by atoms with Crippen molar-refractivity contribution < 1.29 is 18.7 Å². The van der Waals surface area contributed by atoms with Gasteiger partial charge < -0.3 is 10.1 Å². The first kappa shape index (κ1) is 22.4. The summed E-state index contributed by atoms with van der Waals surface area (Å²) in [5.41, 5.74) is 2.48. The molecule has 1 fully saturated rings. The minimum Gasteiger partial charge on any atom is -0.465 e. The fourth-order valence-electron chi connectivity index (χ4n) is 3.73. The number of carbonyl (C=O) groups is 2. The summed E-state index contributed by atoms with van der Waals surface area (Å²) in [6.07, 6.45) is 0.707. The third kappa shape index (κ3) is 5.44. The predicted octanol–water partition coefficient (Wildman–Crippen LogP) is 3.30. The van der Waals surface area contributed by atoms with Crippen LogP contribution in [0.5, 0.6) is 0 Å². The summed E-state index contributed by atoms with van der Waals surface area (Å²) >= 11 is 1.42. The molecule has 3 rings (SSSR count). The molecular weight excluding hydrogens is 405 g/mol. The van der Waals surface area contributed by atoms with Crippen LogP contribution in [0.3, 0.4) is 0 Å². The summed E-state index contributed by atoms with van der Waals surface area (Å²) in [6, 6.07) is 6.58. The number of hydrogen-bond donors (Lipinski definition) is 1. The Bertz CT molecular complexity index is 890. The number of hydrogen-bond acceptors (Lipinski definition) is 6. The number of nitrogens with one attached hydrogen (secondary N) is 1. The standard InChI is InChI=1S/C22H28FN3O3S/c1-4-18-15(2)30-21(20(18)22(28)29-3)24-19(27)14-26-11-9-25(10-12-26)13-16-5-7-17(23)8-6-16/h5-8H,4,9-14H2,1-3H3,(H,24,27). The maximum absolute atomic E-state index is 13.0. The average Bonchev–Trinajstić information content (AvgIpc) is 3.05. The zero-order valence-corrected chi connectivity index (χ0v) is 18.5. The van der Waals surface area contributed by atoms with Gasteiger partial charge >= 0.3 is 5.97 Å². The van der Waals surface area contributed by atoms with Gasteiger partial charge in [-0.05, 0) is 36.6 Å². The number of amides is 1. The molecule has 0 radical (unpaired) electrons. The van der Waals surface area contributed by atoms with Crippen molar-refractivity contribution in [1.29, 1.82) is 0 Å². The molecule has 1 aliphatic heterocycles. The second-order valence-electron chi connectivity index (χ2n) is 7.41. The van der Waals surface area contributed by atoms with Gasteiger partial charge in [0, 0.05) is 37.6 Å². The van der Waals surface area contributed by atoms with Gasteiger partial charge in [-0.25, -0.2) is 9.18 Å². The minimum atomic E-state index is -0.416. The minimum absolute atomic E-state index is 0.129. The number of halogens is 1. The van der Waals surface area contributed by atoms with Crippen molar-refractivity contribution in [2.75, 3.05) is 45.2 Å². The number of aryl methyl sites for hydroxylation is 1. The van der Waals surface area contributed by atoms with Gasteiger partial charge in [-0.1, -0.05) is 19.1 Å². The van der Waals surface area contributed by atoms with Crippen LogP contribution in [0.25, 0.3) is 0 Å². The maximum atomic E-state index is 13.0. The Morgan fingerprint density at radius 2 is 1.77 bits per heavy atom. The highest BCUT2D eigenvalue weighted by atomic mass is 32.1. The molecule has 0 unspecified atom stereocenters. The van der Waals surface area contributed by atoms with Crippen molar-refractivity contribution in [1.82, 2.24) is 9.80 Å². The number of piperazine rings is 1. The Labute approximate surface area is 180 Å². The molecule has 30 heavy (non-hydrogen) atoms. The summed E-state index contributed by atoms with van der Waals surface area (Å²) in [5, 5.41) is 3.48. The van der Waals surface area contributed by atoms with Crippen molar-refractivity contribution in [2.45, 2.75) is 26.8 Å². The molecule has 0 spiro atoms. The number of esters is 1. The number of rotatable bonds is 7. The van der Waals surface area contributed by atoms with E-state index in [1.54, 1.807) is 0 Å². The van der Waals surface area contributed by atoms with Crippen LogP contribution < -0.4 is 5.32 Å². The zero-order valence-electron chi connectivity index (χ0n) is 17.7. The molecule has 1 N–H and O–H groups in total. The second kappa shape index (κ2) is 10.1. The number of anilines is 1. The molecule has 8 heteroatoms. The van der Waals surface area contributed by atoms with Crippen molar-refractivity contribution in [3.05, 3.63) is 51.7 Å². The largest absolute Gasteiger partial charge is 0.465 e. The average molecular weight is 434 g/mol. The van der Waals surface area contributed by atoms with E-state index < -0.39 is 5.97 Å². The lowest BCUT2D eigenvalue weighted by Gasteiger charge is -2.34. The lowest BCUT2D eigenvalue weighted by Crippen LogP contribution is -2.48. The van der Waals surface area contributed by atoms with E-state index in [4.69, 9.17) is 4.74 Å². The van der Waals surface area contributed by atoms with Crippen molar-refractivity contribution in [3.63, 3.8) is 0 Å².